The van der Waals surface area contributed by atoms with E-state index >= 15 is 0 Å². The molecule has 0 radical (unpaired) electrons. The lowest BCUT2D eigenvalue weighted by molar-refractivity contribution is 0.956. The van der Waals surface area contributed by atoms with E-state index in [1.54, 1.807) is 12.3 Å². The second-order valence-corrected chi connectivity index (χ2v) is 5.06. The Hall–Kier alpha value is 0.680. The minimum atomic E-state index is 0.827. The van der Waals surface area contributed by atoms with Crippen LogP contribution in [0.2, 0.25) is 0 Å². The largest absolute Gasteiger partial charge is 0.254 e. The number of halogens is 3. The van der Waals surface area contributed by atoms with E-state index in [2.05, 4.69) is 89.5 Å². The van der Waals surface area contributed by atoms with Crippen LogP contribution in [0.15, 0.2) is 17.6 Å². The predicted molar refractivity (Wildman–Crippen MR) is 83.5 cm³/mol. The maximum Gasteiger partial charge on any atom is 0.149 e. The van der Waals surface area contributed by atoms with Gasteiger partial charge in [0.05, 0.1) is 0 Å². The van der Waals surface area contributed by atoms with Crippen LogP contribution in [0.4, 0.5) is 5.69 Å². The van der Waals surface area contributed by atoms with E-state index in [-0.39, 0.29) is 0 Å². The number of allylic oxidation sites excluding steroid dienone is 1. The molecule has 1 heterocycles. The molecule has 1 rings (SSSR count). The number of alkyl halides is 1. The van der Waals surface area contributed by atoms with Gasteiger partial charge in [-0.05, 0) is 45.2 Å². The standard InChI is InChI=1S/C8H6I3N3/c1-2-3-12-6-5(4-9)7(10)13-14-8(6)11/h2-3H,1,4H2/b12-3-. The first-order valence-electron chi connectivity index (χ1n) is 3.62. The van der Waals surface area contributed by atoms with Crippen molar-refractivity contribution in [2.24, 2.45) is 4.99 Å². The second-order valence-electron chi connectivity index (χ2n) is 2.26. The summed E-state index contributed by atoms with van der Waals surface area (Å²) < 4.78 is 2.62. The molecule has 0 aromatic carbocycles. The molecule has 1 aromatic heterocycles. The summed E-state index contributed by atoms with van der Waals surface area (Å²) in [5, 5.41) is 8.06. The summed E-state index contributed by atoms with van der Waals surface area (Å²) in [7, 11) is 0. The van der Waals surface area contributed by atoms with Gasteiger partial charge in [0, 0.05) is 16.2 Å². The highest BCUT2D eigenvalue weighted by molar-refractivity contribution is 14.1. The first-order valence-corrected chi connectivity index (χ1v) is 7.30. The van der Waals surface area contributed by atoms with Crippen molar-refractivity contribution in [3.05, 3.63) is 25.6 Å². The lowest BCUT2D eigenvalue weighted by Crippen LogP contribution is -1.97. The Morgan fingerprint density at radius 3 is 2.50 bits per heavy atom. The average Bonchev–Trinajstić information content (AvgIpc) is 2.19. The fourth-order valence-corrected chi connectivity index (χ4v) is 3.37. The third-order valence-corrected chi connectivity index (χ3v) is 3.75. The van der Waals surface area contributed by atoms with Crippen LogP contribution in [0, 0.1) is 7.40 Å². The molecule has 3 nitrogen and oxygen atoms in total. The van der Waals surface area contributed by atoms with E-state index in [0.29, 0.717) is 0 Å². The quantitative estimate of drug-likeness (QED) is 0.345. The number of aliphatic imine (C=N–C) groups is 1. The van der Waals surface area contributed by atoms with E-state index in [1.165, 1.54) is 0 Å². The fourth-order valence-electron chi connectivity index (χ4n) is 0.795. The number of hydrogen-bond donors (Lipinski definition) is 0. The van der Waals surface area contributed by atoms with Gasteiger partial charge in [0.15, 0.2) is 0 Å². The first-order chi connectivity index (χ1) is 6.70. The molecular formula is C8H6I3N3. The minimum absolute atomic E-state index is 0.827. The molecule has 0 N–H and O–H groups in total. The zero-order valence-corrected chi connectivity index (χ0v) is 13.5. The van der Waals surface area contributed by atoms with E-state index < -0.39 is 0 Å². The van der Waals surface area contributed by atoms with Gasteiger partial charge < -0.3 is 0 Å². The van der Waals surface area contributed by atoms with Crippen LogP contribution in [0.5, 0.6) is 0 Å². The van der Waals surface area contributed by atoms with Crippen molar-refractivity contribution in [1.82, 2.24) is 10.2 Å². The van der Waals surface area contributed by atoms with E-state index in [4.69, 9.17) is 0 Å². The smallest absolute Gasteiger partial charge is 0.149 e. The van der Waals surface area contributed by atoms with Gasteiger partial charge in [-0.3, -0.25) is 4.99 Å². The molecule has 0 saturated heterocycles. The molecule has 0 bridgehead atoms. The molecule has 6 heteroatoms. The third-order valence-electron chi connectivity index (χ3n) is 1.40. The molecule has 0 unspecified atom stereocenters. The SMILES string of the molecule is C=C/C=N\c1c(I)nnc(I)c1CI. The van der Waals surface area contributed by atoms with Gasteiger partial charge in [-0.15, -0.1) is 10.2 Å². The molecule has 14 heavy (non-hydrogen) atoms. The van der Waals surface area contributed by atoms with Crippen molar-refractivity contribution in [3.8, 4) is 0 Å². The monoisotopic (exact) mass is 525 g/mol. The normalized spacial score (nSPS) is 10.8. The third kappa shape index (κ3) is 3.08. The summed E-state index contributed by atoms with van der Waals surface area (Å²) in [6, 6.07) is 0. The van der Waals surface area contributed by atoms with Crippen molar-refractivity contribution >= 4 is 79.7 Å². The van der Waals surface area contributed by atoms with Crippen LogP contribution in [0.25, 0.3) is 0 Å². The summed E-state index contributed by atoms with van der Waals surface area (Å²) in [6.07, 6.45) is 3.32. The zero-order valence-electron chi connectivity index (χ0n) is 7.04. The number of hydrogen-bond acceptors (Lipinski definition) is 3. The van der Waals surface area contributed by atoms with Crippen LogP contribution in [0.1, 0.15) is 5.56 Å². The molecule has 0 spiro atoms. The Kier molecular flexibility index (Phi) is 5.74. The minimum Gasteiger partial charge on any atom is -0.254 e. The first kappa shape index (κ1) is 12.7. The molecule has 0 aliphatic rings. The summed E-state index contributed by atoms with van der Waals surface area (Å²) in [5.41, 5.74) is 2.03. The lowest BCUT2D eigenvalue weighted by atomic mass is 10.3. The van der Waals surface area contributed by atoms with Gasteiger partial charge >= 0.3 is 0 Å². The lowest BCUT2D eigenvalue weighted by Gasteiger charge is -2.04. The molecule has 0 aliphatic carbocycles. The Morgan fingerprint density at radius 2 is 1.93 bits per heavy atom. The highest BCUT2D eigenvalue weighted by Crippen LogP contribution is 2.28. The molecule has 0 aliphatic heterocycles. The van der Waals surface area contributed by atoms with E-state index in [9.17, 15) is 0 Å². The Bertz CT molecular complexity index is 376. The highest BCUT2D eigenvalue weighted by atomic mass is 127. The molecule has 0 fully saturated rings. The maximum atomic E-state index is 4.29. The summed E-state index contributed by atoms with van der Waals surface area (Å²) in [4.78, 5) is 4.29. The van der Waals surface area contributed by atoms with Crippen LogP contribution in [-0.2, 0) is 4.43 Å². The van der Waals surface area contributed by atoms with Gasteiger partial charge in [-0.1, -0.05) is 35.2 Å². The topological polar surface area (TPSA) is 38.1 Å². The molecule has 0 saturated carbocycles. The van der Waals surface area contributed by atoms with Crippen LogP contribution in [-0.4, -0.2) is 16.4 Å². The second kappa shape index (κ2) is 6.30. The maximum absolute atomic E-state index is 4.29. The molecule has 74 valence electrons. The predicted octanol–water partition coefficient (Wildman–Crippen LogP) is 3.51. The Morgan fingerprint density at radius 1 is 1.29 bits per heavy atom. The van der Waals surface area contributed by atoms with Gasteiger partial charge in [-0.25, -0.2) is 0 Å². The number of rotatable bonds is 3. The van der Waals surface area contributed by atoms with Crippen molar-refractivity contribution in [2.75, 3.05) is 0 Å². The molecule has 0 amide bonds. The average molecular weight is 525 g/mol. The van der Waals surface area contributed by atoms with Gasteiger partial charge in [0.25, 0.3) is 0 Å². The van der Waals surface area contributed by atoms with Crippen molar-refractivity contribution in [3.63, 3.8) is 0 Å². The van der Waals surface area contributed by atoms with E-state index in [1.807, 2.05) is 0 Å². The van der Waals surface area contributed by atoms with Gasteiger partial charge in [0.2, 0.25) is 0 Å². The summed E-state index contributed by atoms with van der Waals surface area (Å²) in [5.74, 6) is 0. The van der Waals surface area contributed by atoms with E-state index in [0.717, 1.165) is 23.1 Å². The van der Waals surface area contributed by atoms with Gasteiger partial charge in [0.1, 0.15) is 13.1 Å². The summed E-state index contributed by atoms with van der Waals surface area (Å²) in [6.45, 7) is 3.59. The van der Waals surface area contributed by atoms with Crippen molar-refractivity contribution in [1.29, 1.82) is 0 Å². The Labute approximate surface area is 123 Å². The van der Waals surface area contributed by atoms with Crippen molar-refractivity contribution < 1.29 is 0 Å². The molecule has 0 atom stereocenters. The summed E-state index contributed by atoms with van der Waals surface area (Å²) >= 11 is 6.61. The highest BCUT2D eigenvalue weighted by Gasteiger charge is 2.10. The van der Waals surface area contributed by atoms with Gasteiger partial charge in [-0.2, -0.15) is 0 Å². The zero-order chi connectivity index (χ0) is 10.6. The van der Waals surface area contributed by atoms with Crippen molar-refractivity contribution in [2.45, 2.75) is 4.43 Å². The van der Waals surface area contributed by atoms with Crippen LogP contribution >= 0.6 is 67.8 Å². The Balaban J connectivity index is 3.29. The van der Waals surface area contributed by atoms with Crippen LogP contribution in [0.3, 0.4) is 0 Å². The number of aromatic nitrogens is 2. The fraction of sp³-hybridized carbons (Fsp3) is 0.125. The molecule has 1 aromatic rings. The molecular weight excluding hydrogens is 519 g/mol. The number of nitrogens with zero attached hydrogens (tertiary/aromatic N) is 3. The van der Waals surface area contributed by atoms with Crippen LogP contribution < -0.4 is 0 Å².